The van der Waals surface area contributed by atoms with E-state index in [1.807, 2.05) is 6.07 Å². The first-order valence-corrected chi connectivity index (χ1v) is 3.14. The quantitative estimate of drug-likeness (QED) is 0.469. The van der Waals surface area contributed by atoms with Crippen LogP contribution in [0.1, 0.15) is 0 Å². The van der Waals surface area contributed by atoms with Gasteiger partial charge in [-0.1, -0.05) is 0 Å². The Morgan fingerprint density at radius 2 is 2.33 bits per heavy atom. The molecule has 0 aliphatic rings. The van der Waals surface area contributed by atoms with Gasteiger partial charge in [-0.25, -0.2) is 0 Å². The molecule has 1 atom stereocenters. The van der Waals surface area contributed by atoms with Crippen LogP contribution in [0, 0.1) is 0 Å². The Labute approximate surface area is 54.7 Å². The Bertz CT molecular complexity index is 131. The molecule has 0 aliphatic carbocycles. The number of nitrogens with two attached hydrogens (primary N) is 1. The van der Waals surface area contributed by atoms with Crippen LogP contribution in [0.4, 0.5) is 0 Å². The number of nitrogens with zero attached hydrogens (tertiary/aromatic N) is 1. The minimum atomic E-state index is -2.36. The highest BCUT2D eigenvalue weighted by Crippen LogP contribution is 1.64. The van der Waals surface area contributed by atoms with Crippen molar-refractivity contribution in [1.82, 2.24) is 10.2 Å². The zero-order chi connectivity index (χ0) is 7.11. The maximum atomic E-state index is 8.78. The molecule has 52 valence electrons. The van der Waals surface area contributed by atoms with Crippen molar-refractivity contribution in [3.05, 3.63) is 18.5 Å². The van der Waals surface area contributed by atoms with Crippen LogP contribution in [0.2, 0.25) is 0 Å². The fraction of sp³-hybridized carbons (Fsp3) is 0. The van der Waals surface area contributed by atoms with E-state index in [1.54, 1.807) is 12.4 Å². The summed E-state index contributed by atoms with van der Waals surface area (Å²) in [7, 11) is 0. The van der Waals surface area contributed by atoms with Crippen molar-refractivity contribution in [1.29, 1.82) is 0 Å². The van der Waals surface area contributed by atoms with Gasteiger partial charge in [0.15, 0.2) is 0 Å². The third-order valence-electron chi connectivity index (χ3n) is 0.406. The molecule has 0 radical (unpaired) electrons. The lowest BCUT2D eigenvalue weighted by molar-refractivity contribution is 0.539. The van der Waals surface area contributed by atoms with Gasteiger partial charge in [0.1, 0.15) is 0 Å². The third kappa shape index (κ3) is 11.1. The lowest BCUT2D eigenvalue weighted by Crippen LogP contribution is -1.97. The van der Waals surface area contributed by atoms with Crippen LogP contribution in [-0.2, 0) is 11.3 Å². The predicted molar refractivity (Wildman–Crippen MR) is 31.7 cm³/mol. The molecule has 0 aliphatic heterocycles. The largest absolute Gasteiger partial charge is 0.760 e. The lowest BCUT2D eigenvalue weighted by Gasteiger charge is -1.85. The predicted octanol–water partition coefficient (Wildman–Crippen LogP) is -0.851. The van der Waals surface area contributed by atoms with E-state index in [9.17, 15) is 0 Å². The molecular formula is C3H6N3O2S-. The molecule has 1 rings (SSSR count). The Morgan fingerprint density at radius 3 is 2.44 bits per heavy atom. The van der Waals surface area contributed by atoms with Gasteiger partial charge in [-0.2, -0.15) is 5.10 Å². The summed E-state index contributed by atoms with van der Waals surface area (Å²) in [6, 6.07) is 1.83. The van der Waals surface area contributed by atoms with Crippen molar-refractivity contribution < 1.29 is 8.76 Å². The topological polar surface area (TPSA) is 94.8 Å². The number of hydrogen-bond acceptors (Lipinski definition) is 3. The lowest BCUT2D eigenvalue weighted by atomic mass is 10.8. The van der Waals surface area contributed by atoms with Crippen LogP contribution in [0.5, 0.6) is 0 Å². The van der Waals surface area contributed by atoms with Crippen LogP contribution in [-0.4, -0.2) is 19.0 Å². The van der Waals surface area contributed by atoms with Crippen molar-refractivity contribution in [2.45, 2.75) is 0 Å². The molecule has 0 fully saturated rings. The summed E-state index contributed by atoms with van der Waals surface area (Å²) >= 11 is -2.36. The van der Waals surface area contributed by atoms with Crippen molar-refractivity contribution >= 4 is 11.3 Å². The van der Waals surface area contributed by atoms with E-state index >= 15 is 0 Å². The zero-order valence-electron chi connectivity index (χ0n) is 4.48. The number of aromatic amines is 1. The second-order valence-electron chi connectivity index (χ2n) is 1.03. The molecule has 3 N–H and O–H groups in total. The summed E-state index contributed by atoms with van der Waals surface area (Å²) in [6.45, 7) is 0. The van der Waals surface area contributed by atoms with Crippen LogP contribution < -0.4 is 5.14 Å². The van der Waals surface area contributed by atoms with E-state index < -0.39 is 11.3 Å². The van der Waals surface area contributed by atoms with E-state index in [1.165, 1.54) is 0 Å². The Balaban J connectivity index is 0.000000148. The SMILES string of the molecule is NS(=O)[O-].c1cn[nH]c1. The first-order valence-electron chi connectivity index (χ1n) is 2.01. The highest BCUT2D eigenvalue weighted by molar-refractivity contribution is 7.76. The maximum absolute atomic E-state index is 8.78. The van der Waals surface area contributed by atoms with Gasteiger partial charge in [0.25, 0.3) is 0 Å². The molecule has 1 aromatic rings. The molecule has 0 spiro atoms. The van der Waals surface area contributed by atoms with Crippen LogP contribution in [0.15, 0.2) is 18.5 Å². The van der Waals surface area contributed by atoms with Gasteiger partial charge >= 0.3 is 0 Å². The number of aromatic nitrogens is 2. The molecule has 0 aromatic carbocycles. The summed E-state index contributed by atoms with van der Waals surface area (Å²) in [5, 5.41) is 10.2. The molecule has 5 nitrogen and oxygen atoms in total. The Kier molecular flexibility index (Phi) is 4.98. The molecule has 1 aromatic heterocycles. The summed E-state index contributed by atoms with van der Waals surface area (Å²) < 4.78 is 17.6. The smallest absolute Gasteiger partial charge is 0.0487 e. The molecule has 1 unspecified atom stereocenters. The van der Waals surface area contributed by atoms with Gasteiger partial charge in [0, 0.05) is 23.7 Å². The second kappa shape index (κ2) is 5.42. The molecule has 6 heteroatoms. The van der Waals surface area contributed by atoms with Crippen molar-refractivity contribution in [2.75, 3.05) is 0 Å². The van der Waals surface area contributed by atoms with E-state index in [0.717, 1.165) is 0 Å². The fourth-order valence-electron chi connectivity index (χ4n) is 0.215. The number of nitrogens with one attached hydrogen (secondary N) is 1. The summed E-state index contributed by atoms with van der Waals surface area (Å²) in [5.41, 5.74) is 0. The van der Waals surface area contributed by atoms with Gasteiger partial charge in [0.05, 0.1) is 0 Å². The van der Waals surface area contributed by atoms with Crippen LogP contribution in [0.25, 0.3) is 0 Å². The third-order valence-corrected chi connectivity index (χ3v) is 0.406. The standard InChI is InChI=1S/C3H4N2.H3NO2S/c1-2-4-5-3-1;1-4(2)3/h1-3H,(H,4,5);1H2,(H,2,3)/p-1. The first-order chi connectivity index (χ1) is 4.23. The normalized spacial score (nSPS) is 11.3. The maximum Gasteiger partial charge on any atom is 0.0487 e. The van der Waals surface area contributed by atoms with Gasteiger partial charge in [0.2, 0.25) is 0 Å². The zero-order valence-corrected chi connectivity index (χ0v) is 5.30. The summed E-state index contributed by atoms with van der Waals surface area (Å²) in [5.74, 6) is 0. The van der Waals surface area contributed by atoms with E-state index in [0.29, 0.717) is 0 Å². The molecule has 1 heterocycles. The van der Waals surface area contributed by atoms with Gasteiger partial charge in [-0.05, 0) is 6.07 Å². The molecule has 0 amide bonds. The number of hydrogen-bond donors (Lipinski definition) is 2. The minimum Gasteiger partial charge on any atom is -0.760 e. The molecule has 0 saturated heterocycles. The van der Waals surface area contributed by atoms with Crippen molar-refractivity contribution in [3.8, 4) is 0 Å². The highest BCUT2D eigenvalue weighted by atomic mass is 32.2. The monoisotopic (exact) mass is 148 g/mol. The molecule has 0 saturated carbocycles. The Morgan fingerprint density at radius 1 is 1.78 bits per heavy atom. The second-order valence-corrected chi connectivity index (χ2v) is 1.55. The number of H-pyrrole nitrogens is 1. The molecule has 0 bridgehead atoms. The van der Waals surface area contributed by atoms with Crippen LogP contribution >= 0.6 is 0 Å². The van der Waals surface area contributed by atoms with E-state index in [2.05, 4.69) is 15.3 Å². The Hall–Kier alpha value is -0.720. The molecular weight excluding hydrogens is 142 g/mol. The van der Waals surface area contributed by atoms with Crippen molar-refractivity contribution in [2.24, 2.45) is 5.14 Å². The average molecular weight is 148 g/mol. The first kappa shape index (κ1) is 8.28. The van der Waals surface area contributed by atoms with Crippen molar-refractivity contribution in [3.63, 3.8) is 0 Å². The number of rotatable bonds is 0. The summed E-state index contributed by atoms with van der Waals surface area (Å²) in [6.07, 6.45) is 3.46. The van der Waals surface area contributed by atoms with Gasteiger partial charge in [-0.15, -0.1) is 0 Å². The van der Waals surface area contributed by atoms with E-state index in [-0.39, 0.29) is 0 Å². The minimum absolute atomic E-state index is 1.69. The van der Waals surface area contributed by atoms with Gasteiger partial charge < -0.3 is 4.55 Å². The van der Waals surface area contributed by atoms with Crippen LogP contribution in [0.3, 0.4) is 0 Å². The average Bonchev–Trinajstić information content (AvgIpc) is 2.11. The molecule has 9 heavy (non-hydrogen) atoms. The fourth-order valence-corrected chi connectivity index (χ4v) is 0.215. The highest BCUT2D eigenvalue weighted by Gasteiger charge is 1.56. The van der Waals surface area contributed by atoms with E-state index in [4.69, 9.17) is 8.76 Å². The van der Waals surface area contributed by atoms with Gasteiger partial charge in [-0.3, -0.25) is 14.4 Å². The summed E-state index contributed by atoms with van der Waals surface area (Å²) in [4.78, 5) is 0.